The Kier molecular flexibility index (Phi) is 4.42. The Hall–Kier alpha value is -2.73. The second kappa shape index (κ2) is 6.88. The van der Waals surface area contributed by atoms with Gasteiger partial charge in [-0.05, 0) is 30.2 Å². The number of fused-ring (bicyclic) bond motifs is 1. The van der Waals surface area contributed by atoms with Gasteiger partial charge in [0.25, 0.3) is 0 Å². The highest BCUT2D eigenvalue weighted by Gasteiger charge is 2.32. The van der Waals surface area contributed by atoms with Crippen molar-refractivity contribution in [3.05, 3.63) is 64.9 Å². The summed E-state index contributed by atoms with van der Waals surface area (Å²) in [5.74, 6) is 2.15. The van der Waals surface area contributed by atoms with Crippen molar-refractivity contribution in [2.75, 3.05) is 19.5 Å². The fourth-order valence-electron chi connectivity index (χ4n) is 3.47. The van der Waals surface area contributed by atoms with Crippen LogP contribution in [-0.4, -0.2) is 29.0 Å². The molecule has 0 aliphatic carbocycles. The van der Waals surface area contributed by atoms with Gasteiger partial charge in [-0.3, -0.25) is 0 Å². The van der Waals surface area contributed by atoms with Gasteiger partial charge in [-0.2, -0.15) is 10.1 Å². The minimum atomic E-state index is -0.0283. The molecule has 134 valence electrons. The number of halogens is 1. The molecule has 0 spiro atoms. The van der Waals surface area contributed by atoms with Gasteiger partial charge in [-0.15, -0.1) is 0 Å². The van der Waals surface area contributed by atoms with Crippen molar-refractivity contribution < 1.29 is 9.47 Å². The number of nitrogens with one attached hydrogen (secondary N) is 1. The Balaban J connectivity index is 1.78. The van der Waals surface area contributed by atoms with Crippen LogP contribution >= 0.6 is 11.6 Å². The largest absolute Gasteiger partial charge is 0.493 e. The molecule has 0 fully saturated rings. The molecule has 26 heavy (non-hydrogen) atoms. The number of anilines is 1. The summed E-state index contributed by atoms with van der Waals surface area (Å²) in [6.45, 7) is 0. The van der Waals surface area contributed by atoms with Crippen molar-refractivity contribution in [1.82, 2.24) is 14.8 Å². The highest BCUT2D eigenvalue weighted by molar-refractivity contribution is 6.30. The lowest BCUT2D eigenvalue weighted by atomic mass is 9.92. The normalized spacial score (nSPS) is 18.7. The maximum absolute atomic E-state index is 6.03. The van der Waals surface area contributed by atoms with E-state index in [1.54, 1.807) is 20.5 Å². The summed E-state index contributed by atoms with van der Waals surface area (Å²) in [6, 6.07) is 13.8. The molecule has 0 radical (unpaired) electrons. The van der Waals surface area contributed by atoms with E-state index in [0.717, 1.165) is 34.3 Å². The average Bonchev–Trinajstić information content (AvgIpc) is 3.15. The Labute approximate surface area is 156 Å². The van der Waals surface area contributed by atoms with Crippen molar-refractivity contribution in [3.8, 4) is 11.5 Å². The third kappa shape index (κ3) is 2.86. The maximum atomic E-state index is 6.03. The van der Waals surface area contributed by atoms with Crippen molar-refractivity contribution in [3.63, 3.8) is 0 Å². The van der Waals surface area contributed by atoms with E-state index in [-0.39, 0.29) is 12.1 Å². The molecule has 0 saturated heterocycles. The molecule has 2 heterocycles. The lowest BCUT2D eigenvalue weighted by Crippen LogP contribution is -2.28. The van der Waals surface area contributed by atoms with Crippen molar-refractivity contribution in [2.45, 2.75) is 18.5 Å². The van der Waals surface area contributed by atoms with Crippen LogP contribution in [0.2, 0.25) is 5.02 Å². The molecule has 7 heteroatoms. The molecule has 0 amide bonds. The molecule has 0 bridgehead atoms. The van der Waals surface area contributed by atoms with E-state index in [1.165, 1.54) is 0 Å². The molecule has 0 unspecified atom stereocenters. The molecular weight excluding hydrogens is 352 g/mol. The van der Waals surface area contributed by atoms with E-state index in [4.69, 9.17) is 21.1 Å². The first-order chi connectivity index (χ1) is 12.7. The lowest BCUT2D eigenvalue weighted by Gasteiger charge is -2.32. The Morgan fingerprint density at radius 1 is 1.12 bits per heavy atom. The third-order valence-corrected chi connectivity index (χ3v) is 4.95. The average molecular weight is 371 g/mol. The van der Waals surface area contributed by atoms with E-state index >= 15 is 0 Å². The molecule has 4 rings (SSSR count). The number of hydrogen-bond acceptors (Lipinski definition) is 5. The van der Waals surface area contributed by atoms with Crippen molar-refractivity contribution >= 4 is 17.5 Å². The SMILES string of the molecule is COc1cccc([C@H]2C[C@H](c3ccc(Cl)cc3)Nc3ncnn32)c1OC. The molecule has 6 nitrogen and oxygen atoms in total. The number of aromatic nitrogens is 3. The fraction of sp³-hybridized carbons (Fsp3) is 0.263. The first kappa shape index (κ1) is 16.7. The second-order valence-corrected chi connectivity index (χ2v) is 6.55. The molecule has 3 aromatic rings. The van der Waals surface area contributed by atoms with Gasteiger partial charge >= 0.3 is 0 Å². The zero-order valence-corrected chi connectivity index (χ0v) is 15.3. The smallest absolute Gasteiger partial charge is 0.222 e. The zero-order valence-electron chi connectivity index (χ0n) is 14.5. The number of methoxy groups -OCH3 is 2. The number of benzene rings is 2. The molecule has 1 N–H and O–H groups in total. The summed E-state index contributed by atoms with van der Waals surface area (Å²) in [6.07, 6.45) is 2.35. The van der Waals surface area contributed by atoms with Gasteiger partial charge in [0.15, 0.2) is 11.5 Å². The van der Waals surface area contributed by atoms with Crippen LogP contribution in [0.3, 0.4) is 0 Å². The standard InChI is InChI=1S/C19H19ClN4O2/c1-25-17-5-3-4-14(18(17)26-2)16-10-15(12-6-8-13(20)9-7-12)23-19-21-11-22-24(16)19/h3-9,11,15-16H,10H2,1-2H3,(H,21,22,23)/t15-,16-/m1/s1. The number of nitrogens with zero attached hydrogens (tertiary/aromatic N) is 3. The van der Waals surface area contributed by atoms with Crippen LogP contribution in [0, 0.1) is 0 Å². The molecule has 1 aliphatic heterocycles. The third-order valence-electron chi connectivity index (χ3n) is 4.70. The topological polar surface area (TPSA) is 61.2 Å². The van der Waals surface area contributed by atoms with Gasteiger partial charge < -0.3 is 14.8 Å². The van der Waals surface area contributed by atoms with Gasteiger partial charge in [-0.25, -0.2) is 4.68 Å². The Bertz CT molecular complexity index is 910. The summed E-state index contributed by atoms with van der Waals surface area (Å²) in [5.41, 5.74) is 2.16. The second-order valence-electron chi connectivity index (χ2n) is 6.11. The number of ether oxygens (including phenoxy) is 2. The minimum absolute atomic E-state index is 0.0283. The fourth-order valence-corrected chi connectivity index (χ4v) is 3.59. The predicted molar refractivity (Wildman–Crippen MR) is 100 cm³/mol. The van der Waals surface area contributed by atoms with Crippen LogP contribution in [0.25, 0.3) is 0 Å². The first-order valence-electron chi connectivity index (χ1n) is 8.33. The van der Waals surface area contributed by atoms with Gasteiger partial charge in [0.1, 0.15) is 6.33 Å². The maximum Gasteiger partial charge on any atom is 0.222 e. The summed E-state index contributed by atoms with van der Waals surface area (Å²) < 4.78 is 13.0. The van der Waals surface area contributed by atoms with Crippen molar-refractivity contribution in [2.24, 2.45) is 0 Å². The Morgan fingerprint density at radius 2 is 1.92 bits per heavy atom. The quantitative estimate of drug-likeness (QED) is 0.749. The van der Waals surface area contributed by atoms with Crippen LogP contribution in [0.4, 0.5) is 5.95 Å². The van der Waals surface area contributed by atoms with E-state index < -0.39 is 0 Å². The van der Waals surface area contributed by atoms with Crippen LogP contribution in [0.5, 0.6) is 11.5 Å². The van der Waals surface area contributed by atoms with Crippen molar-refractivity contribution in [1.29, 1.82) is 0 Å². The molecule has 0 saturated carbocycles. The van der Waals surface area contributed by atoms with Crippen LogP contribution in [-0.2, 0) is 0 Å². The summed E-state index contributed by atoms with van der Waals surface area (Å²) in [4.78, 5) is 4.37. The summed E-state index contributed by atoms with van der Waals surface area (Å²) >= 11 is 6.03. The van der Waals surface area contributed by atoms with E-state index in [1.807, 2.05) is 47.1 Å². The highest BCUT2D eigenvalue weighted by atomic mass is 35.5. The van der Waals surface area contributed by atoms with E-state index in [2.05, 4.69) is 15.4 Å². The van der Waals surface area contributed by atoms with Gasteiger partial charge in [0.05, 0.1) is 26.3 Å². The highest BCUT2D eigenvalue weighted by Crippen LogP contribution is 2.43. The van der Waals surface area contributed by atoms with Crippen LogP contribution in [0.15, 0.2) is 48.8 Å². The number of para-hydroxylation sites is 1. The number of hydrogen-bond donors (Lipinski definition) is 1. The minimum Gasteiger partial charge on any atom is -0.493 e. The first-order valence-corrected chi connectivity index (χ1v) is 8.71. The van der Waals surface area contributed by atoms with Gasteiger partial charge in [0, 0.05) is 10.6 Å². The number of rotatable bonds is 4. The van der Waals surface area contributed by atoms with Gasteiger partial charge in [-0.1, -0.05) is 35.9 Å². The van der Waals surface area contributed by atoms with E-state index in [9.17, 15) is 0 Å². The molecule has 2 atom stereocenters. The molecule has 2 aromatic carbocycles. The van der Waals surface area contributed by atoms with Crippen LogP contribution < -0.4 is 14.8 Å². The zero-order chi connectivity index (χ0) is 18.1. The summed E-state index contributed by atoms with van der Waals surface area (Å²) in [7, 11) is 3.29. The molecule has 1 aromatic heterocycles. The monoisotopic (exact) mass is 370 g/mol. The molecular formula is C19H19ClN4O2. The summed E-state index contributed by atoms with van der Waals surface area (Å²) in [5, 5.41) is 8.59. The lowest BCUT2D eigenvalue weighted by molar-refractivity contribution is 0.340. The van der Waals surface area contributed by atoms with Crippen LogP contribution in [0.1, 0.15) is 29.6 Å². The Morgan fingerprint density at radius 3 is 2.65 bits per heavy atom. The predicted octanol–water partition coefficient (Wildman–Crippen LogP) is 4.10. The molecule has 1 aliphatic rings. The van der Waals surface area contributed by atoms with Gasteiger partial charge in [0.2, 0.25) is 5.95 Å². The van der Waals surface area contributed by atoms with E-state index in [0.29, 0.717) is 5.75 Å².